The number of unbranched alkanes of at least 4 members (excludes halogenated alkanes) is 1. The number of amides is 1. The van der Waals surface area contributed by atoms with Crippen molar-refractivity contribution in [2.24, 2.45) is 11.7 Å². The summed E-state index contributed by atoms with van der Waals surface area (Å²) in [6.07, 6.45) is 2.67. The molecule has 0 fully saturated rings. The highest BCUT2D eigenvalue weighted by Gasteiger charge is 2.18. The number of esters is 1. The summed E-state index contributed by atoms with van der Waals surface area (Å²) in [5, 5.41) is 0. The zero-order valence-electron chi connectivity index (χ0n) is 8.21. The van der Waals surface area contributed by atoms with E-state index in [1.165, 1.54) is 7.11 Å². The second-order valence-electron chi connectivity index (χ2n) is 3.02. The predicted octanol–water partition coefficient (Wildman–Crippen LogP) is 0.841. The maximum absolute atomic E-state index is 10.9. The lowest BCUT2D eigenvalue weighted by atomic mass is 9.98. The Kier molecular flexibility index (Phi) is 5.93. The van der Waals surface area contributed by atoms with E-state index in [1.807, 2.05) is 6.92 Å². The molecule has 0 aliphatic carbocycles. The fourth-order valence-electron chi connectivity index (χ4n) is 1.08. The molecule has 2 N–H and O–H groups in total. The van der Waals surface area contributed by atoms with Crippen molar-refractivity contribution in [1.29, 1.82) is 0 Å². The molecule has 0 rings (SSSR count). The highest BCUT2D eigenvalue weighted by Crippen LogP contribution is 2.12. The number of hydrogen-bond acceptors (Lipinski definition) is 3. The van der Waals surface area contributed by atoms with Crippen LogP contribution in [-0.2, 0) is 14.3 Å². The maximum Gasteiger partial charge on any atom is 0.306 e. The molecule has 0 aromatic heterocycles. The van der Waals surface area contributed by atoms with E-state index in [0.29, 0.717) is 6.42 Å². The monoisotopic (exact) mass is 187 g/mol. The molecule has 0 aromatic rings. The van der Waals surface area contributed by atoms with Gasteiger partial charge in [0.05, 0.1) is 13.5 Å². The van der Waals surface area contributed by atoms with E-state index < -0.39 is 5.91 Å². The summed E-state index contributed by atoms with van der Waals surface area (Å²) in [5.74, 6) is -1.16. The minimum Gasteiger partial charge on any atom is -0.469 e. The molecule has 4 nitrogen and oxygen atoms in total. The van der Waals surface area contributed by atoms with Gasteiger partial charge in [0.1, 0.15) is 0 Å². The lowest BCUT2D eigenvalue weighted by Crippen LogP contribution is -2.26. The summed E-state index contributed by atoms with van der Waals surface area (Å²) in [5.41, 5.74) is 5.13. The van der Waals surface area contributed by atoms with Crippen LogP contribution in [0, 0.1) is 5.92 Å². The Labute approximate surface area is 78.4 Å². The van der Waals surface area contributed by atoms with Crippen molar-refractivity contribution >= 4 is 11.9 Å². The standard InChI is InChI=1S/C9H17NO3/c1-3-4-5-7(9(10)12)6-8(11)13-2/h7H,3-6H2,1-2H3,(H2,10,12). The number of carbonyl (C=O) groups excluding carboxylic acids is 2. The predicted molar refractivity (Wildman–Crippen MR) is 48.8 cm³/mol. The van der Waals surface area contributed by atoms with Crippen LogP contribution in [0.4, 0.5) is 0 Å². The molecule has 0 saturated carbocycles. The number of primary amides is 1. The van der Waals surface area contributed by atoms with Gasteiger partial charge < -0.3 is 10.5 Å². The van der Waals surface area contributed by atoms with Crippen molar-refractivity contribution in [3.05, 3.63) is 0 Å². The van der Waals surface area contributed by atoms with Gasteiger partial charge >= 0.3 is 5.97 Å². The van der Waals surface area contributed by atoms with Gasteiger partial charge in [-0.25, -0.2) is 0 Å². The van der Waals surface area contributed by atoms with E-state index in [1.54, 1.807) is 0 Å². The molecule has 4 heteroatoms. The number of hydrogen-bond donors (Lipinski definition) is 1. The largest absolute Gasteiger partial charge is 0.469 e. The molecule has 0 aliphatic heterocycles. The molecule has 1 amide bonds. The van der Waals surface area contributed by atoms with E-state index in [0.717, 1.165) is 12.8 Å². The van der Waals surface area contributed by atoms with Gasteiger partial charge in [0.15, 0.2) is 0 Å². The molecule has 0 saturated heterocycles. The van der Waals surface area contributed by atoms with E-state index in [-0.39, 0.29) is 18.3 Å². The maximum atomic E-state index is 10.9. The van der Waals surface area contributed by atoms with Crippen LogP contribution in [0.15, 0.2) is 0 Å². The van der Waals surface area contributed by atoms with E-state index in [9.17, 15) is 9.59 Å². The topological polar surface area (TPSA) is 69.4 Å². The van der Waals surface area contributed by atoms with Crippen molar-refractivity contribution in [3.8, 4) is 0 Å². The normalized spacial score (nSPS) is 12.2. The molecule has 0 radical (unpaired) electrons. The molecular weight excluding hydrogens is 170 g/mol. The quantitative estimate of drug-likeness (QED) is 0.626. The van der Waals surface area contributed by atoms with Crippen LogP contribution in [0.1, 0.15) is 32.6 Å². The molecule has 76 valence electrons. The van der Waals surface area contributed by atoms with E-state index >= 15 is 0 Å². The summed E-state index contributed by atoms with van der Waals surface area (Å²) >= 11 is 0. The number of carbonyl (C=O) groups is 2. The van der Waals surface area contributed by atoms with Crippen LogP contribution in [0.2, 0.25) is 0 Å². The molecule has 0 aliphatic rings. The van der Waals surface area contributed by atoms with Crippen LogP contribution in [0.5, 0.6) is 0 Å². The Bertz CT molecular complexity index is 180. The van der Waals surface area contributed by atoms with Gasteiger partial charge in [-0.2, -0.15) is 0 Å². The fourth-order valence-corrected chi connectivity index (χ4v) is 1.08. The number of methoxy groups -OCH3 is 1. The lowest BCUT2D eigenvalue weighted by molar-refractivity contribution is -0.143. The number of rotatable bonds is 6. The first-order valence-electron chi connectivity index (χ1n) is 4.48. The smallest absolute Gasteiger partial charge is 0.306 e. The lowest BCUT2D eigenvalue weighted by Gasteiger charge is -2.10. The van der Waals surface area contributed by atoms with Crippen molar-refractivity contribution in [1.82, 2.24) is 0 Å². The average molecular weight is 187 g/mol. The van der Waals surface area contributed by atoms with Crippen molar-refractivity contribution in [2.45, 2.75) is 32.6 Å². The summed E-state index contributed by atoms with van der Waals surface area (Å²) in [6.45, 7) is 2.02. The van der Waals surface area contributed by atoms with Crippen molar-refractivity contribution in [2.75, 3.05) is 7.11 Å². The minimum absolute atomic E-state index is 0.103. The second kappa shape index (κ2) is 6.46. The van der Waals surface area contributed by atoms with Gasteiger partial charge in [-0.05, 0) is 6.42 Å². The number of ether oxygens (including phenoxy) is 1. The first-order chi connectivity index (χ1) is 6.11. The van der Waals surface area contributed by atoms with Crippen LogP contribution in [0.25, 0.3) is 0 Å². The molecule has 0 aromatic carbocycles. The Balaban J connectivity index is 3.94. The summed E-state index contributed by atoms with van der Waals surface area (Å²) in [6, 6.07) is 0. The van der Waals surface area contributed by atoms with Gasteiger partial charge in [-0.1, -0.05) is 19.8 Å². The molecule has 1 atom stereocenters. The highest BCUT2D eigenvalue weighted by molar-refractivity contribution is 5.82. The summed E-state index contributed by atoms with van der Waals surface area (Å²) < 4.78 is 4.46. The molecule has 0 bridgehead atoms. The van der Waals surface area contributed by atoms with Gasteiger partial charge in [0, 0.05) is 5.92 Å². The van der Waals surface area contributed by atoms with E-state index in [4.69, 9.17) is 5.73 Å². The molecule has 1 unspecified atom stereocenters. The van der Waals surface area contributed by atoms with E-state index in [2.05, 4.69) is 4.74 Å². The van der Waals surface area contributed by atoms with Gasteiger partial charge in [-0.15, -0.1) is 0 Å². The molecule has 0 heterocycles. The van der Waals surface area contributed by atoms with Crippen molar-refractivity contribution in [3.63, 3.8) is 0 Å². The Hall–Kier alpha value is -1.06. The molecule has 0 spiro atoms. The average Bonchev–Trinajstić information content (AvgIpc) is 2.11. The van der Waals surface area contributed by atoms with Crippen LogP contribution >= 0.6 is 0 Å². The first kappa shape index (κ1) is 11.9. The third kappa shape index (κ3) is 5.22. The van der Waals surface area contributed by atoms with Gasteiger partial charge in [-0.3, -0.25) is 9.59 Å². The summed E-state index contributed by atoms with van der Waals surface area (Å²) in [7, 11) is 1.31. The summed E-state index contributed by atoms with van der Waals surface area (Å²) in [4.78, 5) is 21.7. The highest BCUT2D eigenvalue weighted by atomic mass is 16.5. The van der Waals surface area contributed by atoms with Crippen LogP contribution in [-0.4, -0.2) is 19.0 Å². The van der Waals surface area contributed by atoms with Gasteiger partial charge in [0.2, 0.25) is 5.91 Å². The Morgan fingerprint density at radius 1 is 1.46 bits per heavy atom. The zero-order chi connectivity index (χ0) is 10.3. The third-order valence-electron chi connectivity index (χ3n) is 1.95. The Morgan fingerprint density at radius 3 is 2.46 bits per heavy atom. The third-order valence-corrected chi connectivity index (χ3v) is 1.95. The van der Waals surface area contributed by atoms with Crippen molar-refractivity contribution < 1.29 is 14.3 Å². The van der Waals surface area contributed by atoms with Crippen LogP contribution in [0.3, 0.4) is 0 Å². The second-order valence-corrected chi connectivity index (χ2v) is 3.02. The zero-order valence-corrected chi connectivity index (χ0v) is 8.21. The first-order valence-corrected chi connectivity index (χ1v) is 4.48. The minimum atomic E-state index is -0.418. The fraction of sp³-hybridized carbons (Fsp3) is 0.778. The SMILES string of the molecule is CCCCC(CC(=O)OC)C(N)=O. The molecule has 13 heavy (non-hydrogen) atoms. The number of nitrogens with two attached hydrogens (primary N) is 1. The van der Waals surface area contributed by atoms with Crippen LogP contribution < -0.4 is 5.73 Å². The Morgan fingerprint density at radius 2 is 2.08 bits per heavy atom. The molecular formula is C9H17NO3. The van der Waals surface area contributed by atoms with Gasteiger partial charge in [0.25, 0.3) is 0 Å².